The van der Waals surface area contributed by atoms with Gasteiger partial charge < -0.3 is 65.2 Å². The number of unbranched alkanes of at least 4 members (excludes halogenated alkanes) is 6. The molecule has 8 N–H and O–H groups in total. The third-order valence-corrected chi connectivity index (χ3v) is 9.58. The van der Waals surface area contributed by atoms with Crippen LogP contribution in [0.5, 0.6) is 0 Å². The molecule has 3 saturated heterocycles. The van der Waals surface area contributed by atoms with Crippen molar-refractivity contribution in [1.82, 2.24) is 16.0 Å². The van der Waals surface area contributed by atoms with Crippen molar-refractivity contribution < 1.29 is 49.2 Å². The Morgan fingerprint density at radius 3 is 1.41 bits per heavy atom. The van der Waals surface area contributed by atoms with E-state index in [1.165, 1.54) is 0 Å². The fraction of sp³-hybridized carbons (Fsp3) is 1.00. The first-order valence-corrected chi connectivity index (χ1v) is 17.9. The molecular weight excluding hydrogens is 598 g/mol. The van der Waals surface area contributed by atoms with E-state index in [0.29, 0.717) is 19.6 Å². The molecule has 3 rings (SSSR count). The Morgan fingerprint density at radius 2 is 0.891 bits per heavy atom. The number of nitrogens with one attached hydrogen (secondary N) is 3. The first kappa shape index (κ1) is 39.9. The van der Waals surface area contributed by atoms with Crippen molar-refractivity contribution >= 4 is 0 Å². The summed E-state index contributed by atoms with van der Waals surface area (Å²) in [5.74, 6) is 0. The maximum atomic E-state index is 11.7. The van der Waals surface area contributed by atoms with Crippen LogP contribution in [0.1, 0.15) is 99.3 Å². The Labute approximate surface area is 276 Å². The minimum atomic E-state index is -1.45. The van der Waals surface area contributed by atoms with Gasteiger partial charge in [0.15, 0.2) is 18.9 Å². The molecule has 0 aromatic carbocycles. The van der Waals surface area contributed by atoms with Crippen molar-refractivity contribution in [1.29, 1.82) is 0 Å². The summed E-state index contributed by atoms with van der Waals surface area (Å²) < 4.78 is 30.4. The Morgan fingerprint density at radius 1 is 0.478 bits per heavy atom. The molecule has 3 fully saturated rings. The summed E-state index contributed by atoms with van der Waals surface area (Å²) in [6.07, 6.45) is -3.59. The topological polar surface area (TPSA) is 183 Å². The van der Waals surface area contributed by atoms with Gasteiger partial charge in [-0.2, -0.15) is 0 Å². The molecule has 0 spiro atoms. The van der Waals surface area contributed by atoms with Crippen LogP contribution in [0.2, 0.25) is 0 Å². The zero-order valence-corrected chi connectivity index (χ0v) is 28.9. The van der Waals surface area contributed by atoms with Gasteiger partial charge in [-0.25, -0.2) is 0 Å². The van der Waals surface area contributed by atoms with E-state index < -0.39 is 91.9 Å². The van der Waals surface area contributed by atoms with Crippen LogP contribution in [-0.2, 0) is 23.7 Å². The summed E-state index contributed by atoms with van der Waals surface area (Å²) in [6, 6.07) is -1.49. The molecule has 0 aromatic rings. The SMILES string of the molecule is CCCCCN[C@H]1[C@H](O)[C@H](O)[C@@H](O[C@@H]2[C@H](O)[C@@H](O[C@H]3[C@@H](O)[C@H](NCCCCC)[C@@H](C)O[C@@H]3O)O[C@H](C)[C@H]2NCCCCC)O[C@@H]1C. The van der Waals surface area contributed by atoms with Gasteiger partial charge in [-0.1, -0.05) is 59.3 Å². The van der Waals surface area contributed by atoms with E-state index in [2.05, 4.69) is 36.7 Å². The highest BCUT2D eigenvalue weighted by molar-refractivity contribution is 4.99. The van der Waals surface area contributed by atoms with Gasteiger partial charge in [0, 0.05) is 0 Å². The van der Waals surface area contributed by atoms with E-state index in [0.717, 1.165) is 57.8 Å². The number of ether oxygens (including phenoxy) is 5. The van der Waals surface area contributed by atoms with Crippen LogP contribution >= 0.6 is 0 Å². The Bertz CT molecular complexity index is 833. The van der Waals surface area contributed by atoms with Crippen LogP contribution in [0, 0.1) is 0 Å². The normalized spacial score (nSPS) is 41.9. The number of hydrogen-bond donors (Lipinski definition) is 8. The van der Waals surface area contributed by atoms with Crippen LogP contribution in [0.4, 0.5) is 0 Å². The van der Waals surface area contributed by atoms with E-state index in [9.17, 15) is 25.5 Å². The zero-order chi connectivity index (χ0) is 33.8. The molecule has 0 radical (unpaired) electrons. The van der Waals surface area contributed by atoms with Crippen LogP contribution in [0.3, 0.4) is 0 Å². The molecule has 15 atom stereocenters. The molecule has 0 aromatic heterocycles. The van der Waals surface area contributed by atoms with Crippen LogP contribution < -0.4 is 16.0 Å². The van der Waals surface area contributed by atoms with Crippen LogP contribution in [0.15, 0.2) is 0 Å². The van der Waals surface area contributed by atoms with Gasteiger partial charge in [0.25, 0.3) is 0 Å². The first-order chi connectivity index (χ1) is 22.0. The van der Waals surface area contributed by atoms with Crippen molar-refractivity contribution in [3.63, 3.8) is 0 Å². The Kier molecular flexibility index (Phi) is 17.5. The minimum absolute atomic E-state index is 0.473. The number of rotatable bonds is 19. The van der Waals surface area contributed by atoms with Gasteiger partial charge >= 0.3 is 0 Å². The second-order valence-electron chi connectivity index (χ2n) is 13.4. The predicted octanol–water partition coefficient (Wildman–Crippen LogP) is 0.872. The van der Waals surface area contributed by atoms with E-state index in [4.69, 9.17) is 23.7 Å². The molecule has 13 heteroatoms. The van der Waals surface area contributed by atoms with Gasteiger partial charge in [-0.05, 0) is 59.7 Å². The number of hydrogen-bond acceptors (Lipinski definition) is 13. The molecule has 13 nitrogen and oxygen atoms in total. The molecule has 46 heavy (non-hydrogen) atoms. The lowest BCUT2D eigenvalue weighted by Gasteiger charge is -2.49. The molecule has 0 saturated carbocycles. The molecule has 0 bridgehead atoms. The van der Waals surface area contributed by atoms with Crippen molar-refractivity contribution in [2.24, 2.45) is 0 Å². The second kappa shape index (κ2) is 20.2. The van der Waals surface area contributed by atoms with Crippen molar-refractivity contribution in [2.75, 3.05) is 19.6 Å². The summed E-state index contributed by atoms with van der Waals surface area (Å²) in [6.45, 7) is 13.8. The average molecular weight is 664 g/mol. The minimum Gasteiger partial charge on any atom is -0.388 e. The second-order valence-corrected chi connectivity index (χ2v) is 13.4. The third kappa shape index (κ3) is 10.7. The highest BCUT2D eigenvalue weighted by atomic mass is 16.7. The molecule has 0 amide bonds. The zero-order valence-electron chi connectivity index (χ0n) is 28.9. The van der Waals surface area contributed by atoms with Gasteiger partial charge in [-0.3, -0.25) is 0 Å². The maximum absolute atomic E-state index is 11.7. The lowest BCUT2D eigenvalue weighted by molar-refractivity contribution is -0.360. The fourth-order valence-corrected chi connectivity index (χ4v) is 6.71. The summed E-state index contributed by atoms with van der Waals surface area (Å²) in [4.78, 5) is 0. The molecule has 0 unspecified atom stereocenters. The molecule has 0 aliphatic carbocycles. The third-order valence-electron chi connectivity index (χ3n) is 9.58. The van der Waals surface area contributed by atoms with Crippen molar-refractivity contribution in [3.05, 3.63) is 0 Å². The van der Waals surface area contributed by atoms with E-state index >= 15 is 0 Å². The largest absolute Gasteiger partial charge is 0.388 e. The highest BCUT2D eigenvalue weighted by Crippen LogP contribution is 2.32. The predicted molar refractivity (Wildman–Crippen MR) is 173 cm³/mol. The van der Waals surface area contributed by atoms with Crippen LogP contribution in [-0.4, -0.2) is 137 Å². The smallest absolute Gasteiger partial charge is 0.187 e. The van der Waals surface area contributed by atoms with E-state index in [1.807, 2.05) is 13.8 Å². The van der Waals surface area contributed by atoms with Gasteiger partial charge in [0.05, 0.1) is 36.4 Å². The summed E-state index contributed by atoms with van der Waals surface area (Å²) in [5.41, 5.74) is 0. The number of aliphatic hydroxyl groups is 5. The molecule has 3 aliphatic heterocycles. The van der Waals surface area contributed by atoms with Crippen molar-refractivity contribution in [2.45, 2.75) is 191 Å². The quantitative estimate of drug-likeness (QED) is 0.0913. The standard InChI is InChI=1S/C33H65N3O10/c1-7-10-13-16-34-22-20(5)43-32(27(39)25(22)37)45-29-24(36-18-15-12-9-3)21(6)44-33(28(29)40)46-30-26(38)23(19(4)42-31(30)41)35-17-14-11-8-2/h19-41H,7-18H2,1-6H3/t19-,20-,21-,22-,23-,24-,25+,26+,27+,28+,29+,30+,31+,32-,33-/m1/s1. The fourth-order valence-electron chi connectivity index (χ4n) is 6.71. The lowest BCUT2D eigenvalue weighted by Crippen LogP contribution is -2.69. The van der Waals surface area contributed by atoms with Gasteiger partial charge in [-0.15, -0.1) is 0 Å². The van der Waals surface area contributed by atoms with Crippen molar-refractivity contribution in [3.8, 4) is 0 Å². The lowest BCUT2D eigenvalue weighted by atomic mass is 9.93. The van der Waals surface area contributed by atoms with Crippen LogP contribution in [0.25, 0.3) is 0 Å². The molecule has 272 valence electrons. The first-order valence-electron chi connectivity index (χ1n) is 17.9. The highest BCUT2D eigenvalue weighted by Gasteiger charge is 2.52. The van der Waals surface area contributed by atoms with Gasteiger partial charge in [0.2, 0.25) is 0 Å². The Hall–Kier alpha value is -0.520. The average Bonchev–Trinajstić information content (AvgIpc) is 3.02. The van der Waals surface area contributed by atoms with Gasteiger partial charge in [0.1, 0.15) is 36.6 Å². The molecule has 3 heterocycles. The molecule has 3 aliphatic rings. The number of aliphatic hydroxyl groups excluding tert-OH is 5. The maximum Gasteiger partial charge on any atom is 0.187 e. The molecular formula is C33H65N3O10. The van der Waals surface area contributed by atoms with E-state index in [1.54, 1.807) is 6.92 Å². The van der Waals surface area contributed by atoms with E-state index in [-0.39, 0.29) is 0 Å². The summed E-state index contributed by atoms with van der Waals surface area (Å²) >= 11 is 0. The Balaban J connectivity index is 1.74. The summed E-state index contributed by atoms with van der Waals surface area (Å²) in [5, 5.41) is 65.9. The summed E-state index contributed by atoms with van der Waals surface area (Å²) in [7, 11) is 0. The monoisotopic (exact) mass is 663 g/mol.